The van der Waals surface area contributed by atoms with E-state index in [2.05, 4.69) is 5.32 Å². The van der Waals surface area contributed by atoms with E-state index in [1.165, 1.54) is 25.3 Å². The largest absolute Gasteiger partial charge is 0.496 e. The summed E-state index contributed by atoms with van der Waals surface area (Å²) in [5.41, 5.74) is -0.0227. The molecule has 128 valence electrons. The molecule has 0 aliphatic heterocycles. The highest BCUT2D eigenvalue weighted by molar-refractivity contribution is 7.90. The topological polar surface area (TPSA) is 110 Å². The number of rotatable bonds is 7. The monoisotopic (exact) mass is 343 g/mol. The van der Waals surface area contributed by atoms with E-state index in [0.717, 1.165) is 6.26 Å². The second-order valence-electron chi connectivity index (χ2n) is 5.63. The number of hydrogen-bond acceptors (Lipinski definition) is 5. The summed E-state index contributed by atoms with van der Waals surface area (Å²) in [6.07, 6.45) is 1.28. The fraction of sp³-hybridized carbons (Fsp3) is 0.467. The Labute approximate surface area is 135 Å². The van der Waals surface area contributed by atoms with Crippen LogP contribution in [0.2, 0.25) is 0 Å². The standard InChI is InChI=1S/C15H21NO6S/c1-9(2)7-12(15(18)19)16-14(17)11-8-10(23(4,20)21)5-6-13(11)22-3/h5-6,8-9,12H,7H2,1-4H3,(H,16,17)(H,18,19). The van der Waals surface area contributed by atoms with Crippen molar-refractivity contribution in [3.8, 4) is 5.75 Å². The van der Waals surface area contributed by atoms with Crippen LogP contribution in [-0.4, -0.2) is 44.8 Å². The van der Waals surface area contributed by atoms with Crippen LogP contribution in [0.4, 0.5) is 0 Å². The molecule has 0 fully saturated rings. The molecule has 0 saturated carbocycles. The Morgan fingerprint density at radius 2 is 1.91 bits per heavy atom. The van der Waals surface area contributed by atoms with Crippen LogP contribution in [0.15, 0.2) is 23.1 Å². The molecule has 0 bridgehead atoms. The Morgan fingerprint density at radius 1 is 1.30 bits per heavy atom. The summed E-state index contributed by atoms with van der Waals surface area (Å²) in [6, 6.07) is 2.81. The minimum atomic E-state index is -3.50. The van der Waals surface area contributed by atoms with Crippen molar-refractivity contribution in [1.29, 1.82) is 0 Å². The van der Waals surface area contributed by atoms with E-state index < -0.39 is 27.8 Å². The minimum Gasteiger partial charge on any atom is -0.496 e. The highest BCUT2D eigenvalue weighted by Gasteiger charge is 2.24. The summed E-state index contributed by atoms with van der Waals surface area (Å²) in [5.74, 6) is -1.60. The number of carbonyl (C=O) groups is 2. The summed E-state index contributed by atoms with van der Waals surface area (Å²) < 4.78 is 28.3. The zero-order chi connectivity index (χ0) is 17.8. The highest BCUT2D eigenvalue weighted by Crippen LogP contribution is 2.23. The van der Waals surface area contributed by atoms with E-state index in [1.54, 1.807) is 0 Å². The molecule has 0 aliphatic rings. The first-order chi connectivity index (χ1) is 10.6. The van der Waals surface area contributed by atoms with Crippen molar-refractivity contribution in [2.75, 3.05) is 13.4 Å². The van der Waals surface area contributed by atoms with Crippen LogP contribution in [0, 0.1) is 5.92 Å². The second kappa shape index (κ2) is 7.45. The molecule has 1 aromatic rings. The number of aliphatic carboxylic acids is 1. The lowest BCUT2D eigenvalue weighted by Gasteiger charge is -2.17. The van der Waals surface area contributed by atoms with Crippen LogP contribution >= 0.6 is 0 Å². The third-order valence-electron chi connectivity index (χ3n) is 3.15. The van der Waals surface area contributed by atoms with Crippen LogP contribution in [0.3, 0.4) is 0 Å². The molecule has 1 amide bonds. The predicted octanol–water partition coefficient (Wildman–Crippen LogP) is 1.33. The molecule has 0 radical (unpaired) electrons. The van der Waals surface area contributed by atoms with Gasteiger partial charge in [-0.2, -0.15) is 0 Å². The molecule has 0 heterocycles. The Balaban J connectivity index is 3.17. The molecule has 1 unspecified atom stereocenters. The first kappa shape index (κ1) is 19.0. The van der Waals surface area contributed by atoms with Crippen molar-refractivity contribution in [2.45, 2.75) is 31.2 Å². The van der Waals surface area contributed by atoms with E-state index in [9.17, 15) is 23.1 Å². The molecule has 1 rings (SSSR count). The lowest BCUT2D eigenvalue weighted by molar-refractivity contribution is -0.139. The van der Waals surface area contributed by atoms with Gasteiger partial charge in [0.1, 0.15) is 11.8 Å². The maximum absolute atomic E-state index is 12.4. The number of carboxylic acids is 1. The van der Waals surface area contributed by atoms with Gasteiger partial charge in [0.15, 0.2) is 9.84 Å². The number of sulfone groups is 1. The lowest BCUT2D eigenvalue weighted by Crippen LogP contribution is -2.41. The molecule has 0 saturated heterocycles. The zero-order valence-corrected chi connectivity index (χ0v) is 14.3. The molecule has 23 heavy (non-hydrogen) atoms. The van der Waals surface area contributed by atoms with Crippen molar-refractivity contribution in [3.05, 3.63) is 23.8 Å². The fourth-order valence-corrected chi connectivity index (χ4v) is 2.67. The average molecular weight is 343 g/mol. The van der Waals surface area contributed by atoms with Gasteiger partial charge in [-0.1, -0.05) is 13.8 Å². The van der Waals surface area contributed by atoms with Crippen LogP contribution in [0.5, 0.6) is 5.75 Å². The first-order valence-corrected chi connectivity index (χ1v) is 8.87. The first-order valence-electron chi connectivity index (χ1n) is 6.98. The van der Waals surface area contributed by atoms with E-state index >= 15 is 0 Å². The van der Waals surface area contributed by atoms with Crippen LogP contribution in [0.1, 0.15) is 30.6 Å². The number of hydrogen-bond donors (Lipinski definition) is 2. The van der Waals surface area contributed by atoms with E-state index in [4.69, 9.17) is 4.74 Å². The van der Waals surface area contributed by atoms with Gasteiger partial charge in [0.25, 0.3) is 5.91 Å². The predicted molar refractivity (Wildman–Crippen MR) is 84.4 cm³/mol. The Hall–Kier alpha value is -2.09. The van der Waals surface area contributed by atoms with Crippen LogP contribution in [-0.2, 0) is 14.6 Å². The third kappa shape index (κ3) is 5.24. The summed E-state index contributed by atoms with van der Waals surface area (Å²) in [4.78, 5) is 23.5. The summed E-state index contributed by atoms with van der Waals surface area (Å²) in [7, 11) is -2.16. The number of ether oxygens (including phenoxy) is 1. The van der Waals surface area contributed by atoms with Crippen molar-refractivity contribution in [2.24, 2.45) is 5.92 Å². The molecule has 0 aromatic heterocycles. The van der Waals surface area contributed by atoms with Gasteiger partial charge >= 0.3 is 5.97 Å². The van der Waals surface area contributed by atoms with Gasteiger partial charge in [0.2, 0.25) is 0 Å². The lowest BCUT2D eigenvalue weighted by atomic mass is 10.0. The Kier molecular flexibility index (Phi) is 6.14. The molecular formula is C15H21NO6S. The smallest absolute Gasteiger partial charge is 0.326 e. The van der Waals surface area contributed by atoms with Crippen LogP contribution < -0.4 is 10.1 Å². The molecule has 0 spiro atoms. The number of carboxylic acid groups (broad SMARTS) is 1. The SMILES string of the molecule is COc1ccc(S(C)(=O)=O)cc1C(=O)NC(CC(C)C)C(=O)O. The number of carbonyl (C=O) groups excluding carboxylic acids is 1. The molecule has 1 aromatic carbocycles. The van der Waals surface area contributed by atoms with Gasteiger partial charge in [0, 0.05) is 6.26 Å². The fourth-order valence-electron chi connectivity index (χ4n) is 2.02. The molecule has 7 nitrogen and oxygen atoms in total. The van der Waals surface area contributed by atoms with Crippen molar-refractivity contribution >= 4 is 21.7 Å². The molecule has 8 heteroatoms. The Bertz CT molecular complexity index is 696. The van der Waals surface area contributed by atoms with Gasteiger partial charge in [-0.15, -0.1) is 0 Å². The number of nitrogens with one attached hydrogen (secondary N) is 1. The second-order valence-corrected chi connectivity index (χ2v) is 7.64. The van der Waals surface area contributed by atoms with Gasteiger partial charge in [-0.05, 0) is 30.5 Å². The summed E-state index contributed by atoms with van der Waals surface area (Å²) in [6.45, 7) is 3.68. The maximum Gasteiger partial charge on any atom is 0.326 e. The van der Waals surface area contributed by atoms with Crippen molar-refractivity contribution in [3.63, 3.8) is 0 Å². The van der Waals surface area contributed by atoms with E-state index in [1.807, 2.05) is 13.8 Å². The Morgan fingerprint density at radius 3 is 2.35 bits per heavy atom. The average Bonchev–Trinajstić information content (AvgIpc) is 2.44. The van der Waals surface area contributed by atoms with Gasteiger partial charge in [-0.25, -0.2) is 13.2 Å². The van der Waals surface area contributed by atoms with E-state index in [-0.39, 0.29) is 28.5 Å². The molecule has 0 aliphatic carbocycles. The quantitative estimate of drug-likeness (QED) is 0.773. The molecule has 2 N–H and O–H groups in total. The maximum atomic E-state index is 12.4. The number of methoxy groups -OCH3 is 1. The van der Waals surface area contributed by atoms with Crippen molar-refractivity contribution < 1.29 is 27.9 Å². The van der Waals surface area contributed by atoms with Gasteiger partial charge in [0.05, 0.1) is 17.6 Å². The van der Waals surface area contributed by atoms with Crippen molar-refractivity contribution in [1.82, 2.24) is 5.32 Å². The minimum absolute atomic E-state index is 0.0227. The zero-order valence-electron chi connectivity index (χ0n) is 13.5. The summed E-state index contributed by atoms with van der Waals surface area (Å²) in [5, 5.41) is 11.6. The van der Waals surface area contributed by atoms with Gasteiger partial charge in [-0.3, -0.25) is 4.79 Å². The van der Waals surface area contributed by atoms with Crippen LogP contribution in [0.25, 0.3) is 0 Å². The van der Waals surface area contributed by atoms with Gasteiger partial charge < -0.3 is 15.2 Å². The highest BCUT2D eigenvalue weighted by atomic mass is 32.2. The third-order valence-corrected chi connectivity index (χ3v) is 4.26. The van der Waals surface area contributed by atoms with E-state index in [0.29, 0.717) is 0 Å². The normalized spacial score (nSPS) is 12.7. The summed E-state index contributed by atoms with van der Waals surface area (Å²) >= 11 is 0. The number of benzene rings is 1. The molecule has 1 atom stereocenters. The molecular weight excluding hydrogens is 322 g/mol. The number of amides is 1.